The summed E-state index contributed by atoms with van der Waals surface area (Å²) in [5.74, 6) is 0.0291. The second-order valence-electron chi connectivity index (χ2n) is 4.67. The first-order valence-corrected chi connectivity index (χ1v) is 6.83. The lowest BCUT2D eigenvalue weighted by atomic mass is 10.1. The molecule has 0 saturated carbocycles. The molecule has 1 N–H and O–H groups in total. The Bertz CT molecular complexity index is 457. The number of methoxy groups -OCH3 is 1. The van der Waals surface area contributed by atoms with Crippen molar-refractivity contribution in [2.24, 2.45) is 0 Å². The van der Waals surface area contributed by atoms with Gasteiger partial charge in [0.05, 0.1) is 11.7 Å². The summed E-state index contributed by atoms with van der Waals surface area (Å²) >= 11 is 5.98. The van der Waals surface area contributed by atoms with Crippen LogP contribution in [0.15, 0.2) is 18.2 Å². The molecule has 1 heterocycles. The predicted octanol–water partition coefficient (Wildman–Crippen LogP) is 2.63. The van der Waals surface area contributed by atoms with Crippen LogP contribution in [-0.2, 0) is 4.74 Å². The van der Waals surface area contributed by atoms with E-state index in [4.69, 9.17) is 16.3 Å². The van der Waals surface area contributed by atoms with Crippen molar-refractivity contribution in [1.29, 1.82) is 0 Å². The van der Waals surface area contributed by atoms with Gasteiger partial charge in [0.15, 0.2) is 0 Å². The van der Waals surface area contributed by atoms with Crippen molar-refractivity contribution in [1.82, 2.24) is 4.90 Å². The second kappa shape index (κ2) is 6.26. The summed E-state index contributed by atoms with van der Waals surface area (Å²) in [6.07, 6.45) is 2.04. The highest BCUT2D eigenvalue weighted by Gasteiger charge is 2.24. The average Bonchev–Trinajstić information content (AvgIpc) is 2.46. The van der Waals surface area contributed by atoms with Gasteiger partial charge < -0.3 is 15.0 Å². The Hall–Kier alpha value is -1.26. The van der Waals surface area contributed by atoms with Crippen molar-refractivity contribution >= 4 is 23.2 Å². The zero-order valence-electron chi connectivity index (χ0n) is 11.3. The van der Waals surface area contributed by atoms with Crippen LogP contribution in [0.4, 0.5) is 5.69 Å². The molecule has 1 aromatic rings. The average molecular weight is 283 g/mol. The van der Waals surface area contributed by atoms with E-state index < -0.39 is 0 Å². The van der Waals surface area contributed by atoms with Gasteiger partial charge in [-0.2, -0.15) is 0 Å². The van der Waals surface area contributed by atoms with Crippen LogP contribution in [0.1, 0.15) is 23.2 Å². The number of rotatable bonds is 3. The van der Waals surface area contributed by atoms with Gasteiger partial charge in [-0.1, -0.05) is 11.6 Å². The van der Waals surface area contributed by atoms with Gasteiger partial charge in [0.25, 0.3) is 5.91 Å². The van der Waals surface area contributed by atoms with Crippen LogP contribution >= 0.6 is 11.6 Å². The molecule has 19 heavy (non-hydrogen) atoms. The zero-order valence-corrected chi connectivity index (χ0v) is 12.0. The fourth-order valence-electron chi connectivity index (χ4n) is 2.38. The fraction of sp³-hybridized carbons (Fsp3) is 0.500. The minimum atomic E-state index is 0.0291. The van der Waals surface area contributed by atoms with Crippen molar-refractivity contribution in [3.63, 3.8) is 0 Å². The first-order chi connectivity index (χ1) is 9.15. The number of benzene rings is 1. The minimum absolute atomic E-state index is 0.0291. The first kappa shape index (κ1) is 14.2. The van der Waals surface area contributed by atoms with Crippen molar-refractivity contribution < 1.29 is 9.53 Å². The Morgan fingerprint density at radius 2 is 2.11 bits per heavy atom. The molecule has 0 unspecified atom stereocenters. The monoisotopic (exact) mass is 282 g/mol. The lowest BCUT2D eigenvalue weighted by molar-refractivity contribution is 0.0351. The molecule has 0 aromatic heterocycles. The molecule has 0 bridgehead atoms. The predicted molar refractivity (Wildman–Crippen MR) is 76.9 cm³/mol. The molecule has 2 rings (SSSR count). The van der Waals surface area contributed by atoms with Crippen LogP contribution in [-0.4, -0.2) is 44.2 Å². The van der Waals surface area contributed by atoms with Crippen LogP contribution in [0.5, 0.6) is 0 Å². The SMILES string of the molecule is CNc1ccc(Cl)cc1C(=O)N1CCC(OC)CC1. The van der Waals surface area contributed by atoms with Gasteiger partial charge in [0, 0.05) is 38.0 Å². The number of likely N-dealkylation sites (tertiary alicyclic amines) is 1. The number of nitrogens with zero attached hydrogens (tertiary/aromatic N) is 1. The normalized spacial score (nSPS) is 16.5. The minimum Gasteiger partial charge on any atom is -0.387 e. The topological polar surface area (TPSA) is 41.6 Å². The number of hydrogen-bond acceptors (Lipinski definition) is 3. The highest BCUT2D eigenvalue weighted by molar-refractivity contribution is 6.31. The summed E-state index contributed by atoms with van der Waals surface area (Å²) in [6, 6.07) is 5.33. The van der Waals surface area contributed by atoms with Gasteiger partial charge in [0.1, 0.15) is 0 Å². The largest absolute Gasteiger partial charge is 0.387 e. The van der Waals surface area contributed by atoms with Gasteiger partial charge in [-0.05, 0) is 31.0 Å². The van der Waals surface area contributed by atoms with Crippen LogP contribution < -0.4 is 5.32 Å². The van der Waals surface area contributed by atoms with Gasteiger partial charge in [-0.15, -0.1) is 0 Å². The van der Waals surface area contributed by atoms with Crippen molar-refractivity contribution in [2.45, 2.75) is 18.9 Å². The summed E-state index contributed by atoms with van der Waals surface area (Å²) in [5.41, 5.74) is 1.44. The van der Waals surface area contributed by atoms with Gasteiger partial charge in [-0.3, -0.25) is 4.79 Å². The second-order valence-corrected chi connectivity index (χ2v) is 5.10. The molecule has 1 saturated heterocycles. The third-order valence-corrected chi connectivity index (χ3v) is 3.78. The summed E-state index contributed by atoms with van der Waals surface area (Å²) in [4.78, 5) is 14.4. The first-order valence-electron chi connectivity index (χ1n) is 6.45. The van der Waals surface area contributed by atoms with Crippen molar-refractivity contribution in [2.75, 3.05) is 32.6 Å². The number of nitrogens with one attached hydrogen (secondary N) is 1. The number of ether oxygens (including phenoxy) is 1. The number of amides is 1. The van der Waals surface area contributed by atoms with E-state index in [1.54, 1.807) is 26.3 Å². The number of hydrogen-bond donors (Lipinski definition) is 1. The molecular weight excluding hydrogens is 264 g/mol. The summed E-state index contributed by atoms with van der Waals surface area (Å²) in [7, 11) is 3.52. The van der Waals surface area contributed by atoms with Crippen LogP contribution in [0.25, 0.3) is 0 Å². The number of carbonyl (C=O) groups excluding carboxylic acids is 1. The highest BCUT2D eigenvalue weighted by atomic mass is 35.5. The zero-order chi connectivity index (χ0) is 13.8. The molecule has 0 aliphatic carbocycles. The summed E-state index contributed by atoms with van der Waals surface area (Å²) in [6.45, 7) is 1.46. The van der Waals surface area contributed by atoms with E-state index in [0.29, 0.717) is 10.6 Å². The quantitative estimate of drug-likeness (QED) is 0.927. The smallest absolute Gasteiger partial charge is 0.256 e. The molecule has 4 nitrogen and oxygen atoms in total. The molecular formula is C14H19ClN2O2. The van der Waals surface area contributed by atoms with E-state index in [2.05, 4.69) is 5.32 Å². The molecule has 1 fully saturated rings. The molecule has 104 valence electrons. The Balaban J connectivity index is 2.14. The molecule has 0 radical (unpaired) electrons. The molecule has 1 aromatic carbocycles. The summed E-state index contributed by atoms with van der Waals surface area (Å²) < 4.78 is 5.32. The third kappa shape index (κ3) is 3.19. The molecule has 0 spiro atoms. The van der Waals surface area contributed by atoms with Crippen LogP contribution in [0, 0.1) is 0 Å². The van der Waals surface area contributed by atoms with Gasteiger partial charge >= 0.3 is 0 Å². The lowest BCUT2D eigenvalue weighted by Crippen LogP contribution is -2.40. The molecule has 1 aliphatic rings. The molecule has 1 amide bonds. The number of halogens is 1. The highest BCUT2D eigenvalue weighted by Crippen LogP contribution is 2.23. The fourth-order valence-corrected chi connectivity index (χ4v) is 2.55. The van der Waals surface area contributed by atoms with Crippen molar-refractivity contribution in [3.05, 3.63) is 28.8 Å². The molecule has 0 atom stereocenters. The van der Waals surface area contributed by atoms with E-state index in [9.17, 15) is 4.79 Å². The Morgan fingerprint density at radius 3 is 2.68 bits per heavy atom. The Kier molecular flexibility index (Phi) is 4.66. The number of anilines is 1. The summed E-state index contributed by atoms with van der Waals surface area (Å²) in [5, 5.41) is 3.61. The lowest BCUT2D eigenvalue weighted by Gasteiger charge is -2.31. The van der Waals surface area contributed by atoms with E-state index in [0.717, 1.165) is 31.6 Å². The van der Waals surface area contributed by atoms with Crippen molar-refractivity contribution in [3.8, 4) is 0 Å². The Morgan fingerprint density at radius 1 is 1.42 bits per heavy atom. The van der Waals surface area contributed by atoms with E-state index >= 15 is 0 Å². The third-order valence-electron chi connectivity index (χ3n) is 3.54. The maximum atomic E-state index is 12.5. The Labute approximate surface area is 118 Å². The van der Waals surface area contributed by atoms with Crippen LogP contribution in [0.2, 0.25) is 5.02 Å². The van der Waals surface area contributed by atoms with Gasteiger partial charge in [0.2, 0.25) is 0 Å². The maximum absolute atomic E-state index is 12.5. The standard InChI is InChI=1S/C14H19ClN2O2/c1-16-13-4-3-10(15)9-12(13)14(18)17-7-5-11(19-2)6-8-17/h3-4,9,11,16H,5-8H2,1-2H3. The number of carbonyl (C=O) groups is 1. The molecule has 5 heteroatoms. The van der Waals surface area contributed by atoms with E-state index in [-0.39, 0.29) is 12.0 Å². The number of piperidine rings is 1. The maximum Gasteiger partial charge on any atom is 0.256 e. The van der Waals surface area contributed by atoms with Crippen LogP contribution in [0.3, 0.4) is 0 Å². The van der Waals surface area contributed by atoms with Gasteiger partial charge in [-0.25, -0.2) is 0 Å². The van der Waals surface area contributed by atoms with E-state index in [1.807, 2.05) is 11.0 Å². The molecule has 1 aliphatic heterocycles. The van der Waals surface area contributed by atoms with E-state index in [1.165, 1.54) is 0 Å².